The van der Waals surface area contributed by atoms with E-state index in [0.29, 0.717) is 58.9 Å². The molecule has 61 heavy (non-hydrogen) atoms. The van der Waals surface area contributed by atoms with Crippen molar-refractivity contribution in [1.82, 2.24) is 29.8 Å². The van der Waals surface area contributed by atoms with Crippen LogP contribution in [0.1, 0.15) is 89.0 Å². The zero-order chi connectivity index (χ0) is 42.3. The molecule has 14 heteroatoms. The predicted octanol–water partition coefficient (Wildman–Crippen LogP) is 8.48. The highest BCUT2D eigenvalue weighted by molar-refractivity contribution is 6.35. The molecule has 1 unspecified atom stereocenters. The number of carbonyl (C=O) groups excluding carboxylic acids is 2. The van der Waals surface area contributed by atoms with Gasteiger partial charge in [-0.15, -0.1) is 0 Å². The highest BCUT2D eigenvalue weighted by atomic mass is 35.5. The third kappa shape index (κ3) is 9.60. The summed E-state index contributed by atoms with van der Waals surface area (Å²) < 4.78 is 18.1. The molecule has 2 aliphatic heterocycles. The van der Waals surface area contributed by atoms with Crippen LogP contribution in [0.4, 0.5) is 5.82 Å². The first-order valence-electron chi connectivity index (χ1n) is 21.0. The minimum Gasteiger partial charge on any atom is -0.463 e. The zero-order valence-corrected chi connectivity index (χ0v) is 35.2. The summed E-state index contributed by atoms with van der Waals surface area (Å²) in [7, 11) is 0. The fourth-order valence-electron chi connectivity index (χ4n) is 8.64. The number of anilines is 1. The van der Waals surface area contributed by atoms with E-state index in [1.54, 1.807) is 24.4 Å². The van der Waals surface area contributed by atoms with Crippen LogP contribution in [0, 0.1) is 19.8 Å². The van der Waals surface area contributed by atoms with Gasteiger partial charge < -0.3 is 30.2 Å². The molecule has 2 aliphatic rings. The standard InChI is InChI=1S/C47H51ClN8O5/c1-29-10-8-19-50-42(29)38-22-31(23-39(56(38)21-7-6-18-49)43-30(2)11-9-20-51-43)26-60-47(58)40-17-14-32(27-59-40)55-46-41-36(25-52-45(41)53-28-54-46)44(57)35-16-15-34(24-37(35)48)61-33-12-4-3-5-13-33/h3-5,8-13,15-16,19-20,24-25,28,31-32,38-40H,6-7,14,17-18,21-23,26-27,49H2,1-2H3,(H2,52,53,54,55)/t31?,32-,38-,39+,40+/m1/s1. The molecule has 0 aliphatic carbocycles. The third-order valence-corrected chi connectivity index (χ3v) is 12.0. The molecule has 2 aromatic carbocycles. The minimum atomic E-state index is -0.692. The molecule has 316 valence electrons. The predicted molar refractivity (Wildman–Crippen MR) is 234 cm³/mol. The van der Waals surface area contributed by atoms with Crippen molar-refractivity contribution in [3.05, 3.63) is 136 Å². The number of pyridine rings is 2. The maximum Gasteiger partial charge on any atom is 0.335 e. The number of hydrogen-bond acceptors (Lipinski definition) is 12. The van der Waals surface area contributed by atoms with Crippen LogP contribution in [0.3, 0.4) is 0 Å². The van der Waals surface area contributed by atoms with Gasteiger partial charge in [0.1, 0.15) is 29.3 Å². The number of piperidine rings is 1. The van der Waals surface area contributed by atoms with Gasteiger partial charge in [0.2, 0.25) is 0 Å². The zero-order valence-electron chi connectivity index (χ0n) is 34.4. The summed E-state index contributed by atoms with van der Waals surface area (Å²) in [4.78, 5) is 51.8. The Labute approximate surface area is 360 Å². The van der Waals surface area contributed by atoms with E-state index in [9.17, 15) is 9.59 Å². The average Bonchev–Trinajstić information content (AvgIpc) is 3.72. The van der Waals surface area contributed by atoms with Gasteiger partial charge >= 0.3 is 5.97 Å². The number of carbonyl (C=O) groups is 2. The maximum atomic E-state index is 13.9. The molecule has 4 N–H and O–H groups in total. The van der Waals surface area contributed by atoms with E-state index in [-0.39, 0.29) is 54.0 Å². The van der Waals surface area contributed by atoms with Crippen molar-refractivity contribution in [1.29, 1.82) is 0 Å². The van der Waals surface area contributed by atoms with Crippen LogP contribution < -0.4 is 15.8 Å². The highest BCUT2D eigenvalue weighted by Crippen LogP contribution is 2.45. The van der Waals surface area contributed by atoms with Gasteiger partial charge in [0, 0.05) is 30.2 Å². The van der Waals surface area contributed by atoms with Gasteiger partial charge in [0.25, 0.3) is 0 Å². The number of halogens is 1. The largest absolute Gasteiger partial charge is 0.463 e. The minimum absolute atomic E-state index is 0.0294. The highest BCUT2D eigenvalue weighted by Gasteiger charge is 2.40. The molecule has 0 bridgehead atoms. The van der Waals surface area contributed by atoms with Gasteiger partial charge in [-0.05, 0) is 119 Å². The average molecular weight is 843 g/mol. The third-order valence-electron chi connectivity index (χ3n) is 11.7. The lowest BCUT2D eigenvalue weighted by molar-refractivity contribution is -0.162. The number of ether oxygens (including phenoxy) is 3. The van der Waals surface area contributed by atoms with E-state index >= 15 is 0 Å². The molecular formula is C47H51ClN8O5. The Morgan fingerprint density at radius 3 is 2.28 bits per heavy atom. The van der Waals surface area contributed by atoms with Crippen molar-refractivity contribution in [3.63, 3.8) is 0 Å². The van der Waals surface area contributed by atoms with Crippen molar-refractivity contribution < 1.29 is 23.8 Å². The fourth-order valence-corrected chi connectivity index (χ4v) is 8.89. The topological polar surface area (TPSA) is 170 Å². The van der Waals surface area contributed by atoms with Crippen LogP contribution in [-0.4, -0.2) is 80.0 Å². The monoisotopic (exact) mass is 842 g/mol. The number of nitrogens with two attached hydrogens (primary N) is 1. The molecular weight excluding hydrogens is 792 g/mol. The second-order valence-corrected chi connectivity index (χ2v) is 16.3. The number of ketones is 1. The number of nitrogens with one attached hydrogen (secondary N) is 2. The molecule has 0 saturated carbocycles. The first-order valence-corrected chi connectivity index (χ1v) is 21.4. The SMILES string of the molecule is Cc1cccnc1[C@H]1CC(COC(=O)[C@@H]2CC[C@@H](Nc3ncnc4[nH]cc(C(=O)c5ccc(Oc6ccccc6)cc5Cl)c34)CO2)C[C@@H](c2ncccc2C)N1CCCCN. The maximum absolute atomic E-state index is 13.9. The van der Waals surface area contributed by atoms with Crippen molar-refractivity contribution in [2.75, 3.05) is 31.6 Å². The summed E-state index contributed by atoms with van der Waals surface area (Å²) in [6.45, 7) is 6.25. The van der Waals surface area contributed by atoms with E-state index in [1.807, 2.05) is 54.9 Å². The lowest BCUT2D eigenvalue weighted by Crippen LogP contribution is -2.43. The second-order valence-electron chi connectivity index (χ2n) is 15.9. The molecule has 6 aromatic rings. The number of nitrogens with zero attached hydrogens (tertiary/aromatic N) is 5. The summed E-state index contributed by atoms with van der Waals surface area (Å²) in [6, 6.07) is 22.4. The molecule has 8 rings (SSSR count). The van der Waals surface area contributed by atoms with E-state index < -0.39 is 6.10 Å². The lowest BCUT2D eigenvalue weighted by atomic mass is 9.82. The number of unbranched alkanes of at least 4 members (excludes halogenated alkanes) is 1. The number of aryl methyl sites for hydroxylation is 2. The molecule has 5 atom stereocenters. The number of benzene rings is 2. The van der Waals surface area contributed by atoms with Gasteiger partial charge in [0.15, 0.2) is 11.9 Å². The Kier molecular flexibility index (Phi) is 13.3. The van der Waals surface area contributed by atoms with Crippen LogP contribution in [0.5, 0.6) is 11.5 Å². The summed E-state index contributed by atoms with van der Waals surface area (Å²) in [6.07, 6.45) is 10.7. The molecule has 0 amide bonds. The molecule has 0 radical (unpaired) electrons. The molecule has 6 heterocycles. The van der Waals surface area contributed by atoms with Crippen LogP contribution in [0.15, 0.2) is 97.7 Å². The van der Waals surface area contributed by atoms with Crippen LogP contribution >= 0.6 is 11.6 Å². The Bertz CT molecular complexity index is 2400. The number of hydrogen-bond donors (Lipinski definition) is 3. The Morgan fingerprint density at radius 1 is 0.885 bits per heavy atom. The molecule has 4 aromatic heterocycles. The van der Waals surface area contributed by atoms with Gasteiger partial charge in [0.05, 0.1) is 58.7 Å². The lowest BCUT2D eigenvalue weighted by Gasteiger charge is -2.45. The van der Waals surface area contributed by atoms with Crippen LogP contribution in [0.2, 0.25) is 5.02 Å². The number of likely N-dealkylation sites (tertiary alicyclic amines) is 1. The molecule has 2 fully saturated rings. The Hall–Kier alpha value is -5.73. The Morgan fingerprint density at radius 2 is 1.62 bits per heavy atom. The van der Waals surface area contributed by atoms with E-state index in [2.05, 4.69) is 51.1 Å². The van der Waals surface area contributed by atoms with E-state index in [0.717, 1.165) is 54.7 Å². The number of aromatic nitrogens is 5. The fraction of sp³-hybridized carbons (Fsp3) is 0.362. The first-order chi connectivity index (χ1) is 29.8. The number of fused-ring (bicyclic) bond motifs is 1. The summed E-state index contributed by atoms with van der Waals surface area (Å²) in [5.74, 6) is 1.09. The number of H-pyrrole nitrogens is 1. The molecule has 2 saturated heterocycles. The van der Waals surface area contributed by atoms with Gasteiger partial charge in [-0.3, -0.25) is 19.7 Å². The van der Waals surface area contributed by atoms with E-state index in [1.165, 1.54) is 6.33 Å². The quantitative estimate of drug-likeness (QED) is 0.0513. The van der Waals surface area contributed by atoms with Gasteiger partial charge in [-0.1, -0.05) is 41.9 Å². The number of rotatable bonds is 15. The van der Waals surface area contributed by atoms with Crippen molar-refractivity contribution in [2.24, 2.45) is 11.7 Å². The molecule has 0 spiro atoms. The molecule has 13 nitrogen and oxygen atoms in total. The van der Waals surface area contributed by atoms with Crippen LogP contribution in [-0.2, 0) is 14.3 Å². The summed E-state index contributed by atoms with van der Waals surface area (Å²) in [5, 5.41) is 4.24. The first kappa shape index (κ1) is 42.0. The number of esters is 1. The summed E-state index contributed by atoms with van der Waals surface area (Å²) >= 11 is 6.64. The van der Waals surface area contributed by atoms with Gasteiger partial charge in [-0.25, -0.2) is 14.8 Å². The van der Waals surface area contributed by atoms with Crippen molar-refractivity contribution in [3.8, 4) is 11.5 Å². The number of para-hydroxylation sites is 1. The smallest absolute Gasteiger partial charge is 0.335 e. The van der Waals surface area contributed by atoms with Gasteiger partial charge in [-0.2, -0.15) is 0 Å². The van der Waals surface area contributed by atoms with Crippen molar-refractivity contribution in [2.45, 2.75) is 76.6 Å². The second kappa shape index (κ2) is 19.3. The Balaban J connectivity index is 0.911. The van der Waals surface area contributed by atoms with Crippen molar-refractivity contribution >= 4 is 40.2 Å². The van der Waals surface area contributed by atoms with E-state index in [4.69, 9.17) is 41.5 Å². The van der Waals surface area contributed by atoms with Crippen LogP contribution in [0.25, 0.3) is 11.0 Å². The normalized spacial score (nSPS) is 20.6. The number of aromatic amines is 1. The summed E-state index contributed by atoms with van der Waals surface area (Å²) in [5.41, 5.74) is 11.5.